The van der Waals surface area contributed by atoms with E-state index < -0.39 is 29.9 Å². The number of methoxy groups -OCH3 is 3. The normalized spacial score (nSPS) is 15.4. The van der Waals surface area contributed by atoms with Crippen LogP contribution in [0, 0.1) is 0 Å². The summed E-state index contributed by atoms with van der Waals surface area (Å²) in [4.78, 5) is 38.3. The molecule has 0 amide bonds. The largest absolute Gasteiger partial charge is 0.467 e. The molecule has 1 aromatic rings. The maximum absolute atomic E-state index is 12.5. The van der Waals surface area contributed by atoms with Gasteiger partial charge in [0.2, 0.25) is 0 Å². The molecule has 0 N–H and O–H groups in total. The molecule has 1 heterocycles. The molecular formula is C19H20BrNO6. The van der Waals surface area contributed by atoms with Crippen molar-refractivity contribution in [2.24, 2.45) is 0 Å². The molecule has 1 aliphatic heterocycles. The highest BCUT2D eigenvalue weighted by Gasteiger charge is 2.37. The maximum atomic E-state index is 12.5. The summed E-state index contributed by atoms with van der Waals surface area (Å²) >= 11 is 3.37. The molecule has 1 atom stereocenters. The molecule has 0 radical (unpaired) electrons. The van der Waals surface area contributed by atoms with E-state index in [-0.39, 0.29) is 11.1 Å². The van der Waals surface area contributed by atoms with Gasteiger partial charge in [-0.05, 0) is 24.6 Å². The minimum atomic E-state index is -0.750. The van der Waals surface area contributed by atoms with Gasteiger partial charge < -0.3 is 19.1 Å². The standard InChI is InChI=1S/C19H20BrNO6/c1-11(17(22)25-2)21-9-14(18(23)26-3)16(15(10-21)19(24)27-4)12-5-7-13(20)8-6-12/h5-11,16H,1-4H3. The van der Waals surface area contributed by atoms with Gasteiger partial charge >= 0.3 is 17.9 Å². The topological polar surface area (TPSA) is 82.1 Å². The van der Waals surface area contributed by atoms with Gasteiger partial charge in [0, 0.05) is 16.9 Å². The third-order valence-corrected chi connectivity index (χ3v) is 4.76. The van der Waals surface area contributed by atoms with Crippen molar-refractivity contribution in [2.45, 2.75) is 18.9 Å². The minimum absolute atomic E-state index is 0.207. The van der Waals surface area contributed by atoms with Gasteiger partial charge in [0.15, 0.2) is 0 Å². The molecule has 27 heavy (non-hydrogen) atoms. The zero-order valence-corrected chi connectivity index (χ0v) is 17.0. The lowest BCUT2D eigenvalue weighted by Gasteiger charge is -2.32. The zero-order valence-electron chi connectivity index (χ0n) is 15.4. The van der Waals surface area contributed by atoms with Gasteiger partial charge in [0.25, 0.3) is 0 Å². The Morgan fingerprint density at radius 3 is 1.81 bits per heavy atom. The molecule has 0 bridgehead atoms. The molecule has 0 fully saturated rings. The number of hydrogen-bond donors (Lipinski definition) is 0. The smallest absolute Gasteiger partial charge is 0.336 e. The first-order chi connectivity index (χ1) is 12.8. The number of ether oxygens (including phenoxy) is 3. The van der Waals surface area contributed by atoms with Gasteiger partial charge in [0.1, 0.15) is 6.04 Å². The fourth-order valence-electron chi connectivity index (χ4n) is 2.78. The highest BCUT2D eigenvalue weighted by atomic mass is 79.9. The van der Waals surface area contributed by atoms with Gasteiger partial charge in [-0.2, -0.15) is 0 Å². The Bertz CT molecular complexity index is 765. The lowest BCUT2D eigenvalue weighted by Crippen LogP contribution is -2.37. The number of rotatable bonds is 5. The second-order valence-electron chi connectivity index (χ2n) is 5.78. The fraction of sp³-hybridized carbons (Fsp3) is 0.316. The predicted octanol–water partition coefficient (Wildman–Crippen LogP) is 2.52. The van der Waals surface area contributed by atoms with Crippen molar-refractivity contribution in [3.05, 3.63) is 57.8 Å². The van der Waals surface area contributed by atoms with Crippen LogP contribution < -0.4 is 0 Å². The number of nitrogens with zero attached hydrogens (tertiary/aromatic N) is 1. The summed E-state index contributed by atoms with van der Waals surface area (Å²) in [5, 5.41) is 0. The van der Waals surface area contributed by atoms with Crippen molar-refractivity contribution in [1.82, 2.24) is 4.90 Å². The molecule has 7 nitrogen and oxygen atoms in total. The van der Waals surface area contributed by atoms with Gasteiger partial charge in [-0.3, -0.25) is 0 Å². The molecule has 0 aliphatic carbocycles. The van der Waals surface area contributed by atoms with Crippen LogP contribution in [-0.4, -0.2) is 50.2 Å². The van der Waals surface area contributed by atoms with Crippen molar-refractivity contribution < 1.29 is 28.6 Å². The summed E-state index contributed by atoms with van der Waals surface area (Å²) in [6.07, 6.45) is 2.99. The van der Waals surface area contributed by atoms with Crippen LogP contribution >= 0.6 is 15.9 Å². The second-order valence-corrected chi connectivity index (χ2v) is 6.70. The van der Waals surface area contributed by atoms with Gasteiger partial charge in [0.05, 0.1) is 38.4 Å². The number of carbonyl (C=O) groups is 3. The minimum Gasteiger partial charge on any atom is -0.467 e. The number of benzene rings is 1. The van der Waals surface area contributed by atoms with Crippen molar-refractivity contribution in [2.75, 3.05) is 21.3 Å². The van der Waals surface area contributed by atoms with Crippen LogP contribution in [0.15, 0.2) is 52.3 Å². The van der Waals surface area contributed by atoms with E-state index in [0.29, 0.717) is 5.56 Å². The van der Waals surface area contributed by atoms with E-state index in [1.165, 1.54) is 38.6 Å². The summed E-state index contributed by atoms with van der Waals surface area (Å²) in [5.41, 5.74) is 1.12. The summed E-state index contributed by atoms with van der Waals surface area (Å²) in [6, 6.07) is 6.45. The van der Waals surface area contributed by atoms with Crippen molar-refractivity contribution in [1.29, 1.82) is 0 Å². The Hall–Kier alpha value is -2.61. The SMILES string of the molecule is COC(=O)C1=CN(C(C)C(=O)OC)C=C(C(=O)OC)C1c1ccc(Br)cc1. The molecule has 144 valence electrons. The molecule has 0 saturated carbocycles. The van der Waals surface area contributed by atoms with Crippen molar-refractivity contribution in [3.63, 3.8) is 0 Å². The third kappa shape index (κ3) is 4.39. The van der Waals surface area contributed by atoms with Gasteiger partial charge in [-0.1, -0.05) is 28.1 Å². The van der Waals surface area contributed by atoms with Crippen LogP contribution in [-0.2, 0) is 28.6 Å². The molecule has 1 unspecified atom stereocenters. The number of hydrogen-bond acceptors (Lipinski definition) is 7. The molecule has 0 aromatic heterocycles. The van der Waals surface area contributed by atoms with E-state index in [0.717, 1.165) is 4.47 Å². The Balaban J connectivity index is 2.62. The summed E-state index contributed by atoms with van der Waals surface area (Å²) < 4.78 is 15.4. The summed E-state index contributed by atoms with van der Waals surface area (Å²) in [5.74, 6) is -2.43. The van der Waals surface area contributed by atoms with Gasteiger partial charge in [-0.25, -0.2) is 14.4 Å². The zero-order chi connectivity index (χ0) is 20.1. The summed E-state index contributed by atoms with van der Waals surface area (Å²) in [6.45, 7) is 1.60. The molecule has 0 saturated heterocycles. The quantitative estimate of drug-likeness (QED) is 0.516. The van der Waals surface area contributed by atoms with E-state index in [4.69, 9.17) is 14.2 Å². The number of halogens is 1. The first-order valence-corrected chi connectivity index (χ1v) is 8.84. The average Bonchev–Trinajstić information content (AvgIpc) is 2.71. The number of carbonyl (C=O) groups excluding carboxylic acids is 3. The van der Waals surface area contributed by atoms with Crippen LogP contribution in [0.25, 0.3) is 0 Å². The maximum Gasteiger partial charge on any atom is 0.336 e. The van der Waals surface area contributed by atoms with Crippen LogP contribution in [0.2, 0.25) is 0 Å². The lowest BCUT2D eigenvalue weighted by atomic mass is 9.83. The van der Waals surface area contributed by atoms with Crippen molar-refractivity contribution >= 4 is 33.8 Å². The molecule has 8 heteroatoms. The average molecular weight is 438 g/mol. The molecule has 0 spiro atoms. The van der Waals surface area contributed by atoms with E-state index in [1.54, 1.807) is 19.1 Å². The van der Waals surface area contributed by atoms with Crippen LogP contribution in [0.1, 0.15) is 18.4 Å². The van der Waals surface area contributed by atoms with E-state index in [9.17, 15) is 14.4 Å². The van der Waals surface area contributed by atoms with Crippen LogP contribution in [0.4, 0.5) is 0 Å². The van der Waals surface area contributed by atoms with E-state index in [1.807, 2.05) is 12.1 Å². The first-order valence-electron chi connectivity index (χ1n) is 8.04. The van der Waals surface area contributed by atoms with E-state index in [2.05, 4.69) is 15.9 Å². The first kappa shape index (κ1) is 20.7. The van der Waals surface area contributed by atoms with Crippen LogP contribution in [0.3, 0.4) is 0 Å². The Morgan fingerprint density at radius 1 is 0.926 bits per heavy atom. The monoisotopic (exact) mass is 437 g/mol. The molecule has 1 aliphatic rings. The fourth-order valence-corrected chi connectivity index (χ4v) is 3.05. The molecule has 1 aromatic carbocycles. The van der Waals surface area contributed by atoms with Gasteiger partial charge in [-0.15, -0.1) is 0 Å². The Morgan fingerprint density at radius 2 is 1.41 bits per heavy atom. The number of esters is 3. The van der Waals surface area contributed by atoms with Crippen molar-refractivity contribution in [3.8, 4) is 0 Å². The summed E-state index contributed by atoms with van der Waals surface area (Å²) in [7, 11) is 3.78. The second kappa shape index (κ2) is 8.85. The lowest BCUT2D eigenvalue weighted by molar-refractivity contribution is -0.145. The van der Waals surface area contributed by atoms with E-state index >= 15 is 0 Å². The Labute approximate surface area is 165 Å². The highest BCUT2D eigenvalue weighted by Crippen LogP contribution is 2.38. The predicted molar refractivity (Wildman–Crippen MR) is 100 cm³/mol. The molecular weight excluding hydrogens is 418 g/mol. The highest BCUT2D eigenvalue weighted by molar-refractivity contribution is 9.10. The third-order valence-electron chi connectivity index (χ3n) is 4.23. The van der Waals surface area contributed by atoms with Crippen LogP contribution in [0.5, 0.6) is 0 Å². The molecule has 2 rings (SSSR count). The Kier molecular flexibility index (Phi) is 6.79.